The minimum absolute atomic E-state index is 0. The average Bonchev–Trinajstić information content (AvgIpc) is 3.14. The zero-order valence-electron chi connectivity index (χ0n) is 33.9. The number of methoxy groups -OCH3 is 2. The molecule has 0 aromatic heterocycles. The van der Waals surface area contributed by atoms with Crippen molar-refractivity contribution in [2.45, 2.75) is 9.79 Å². The molecule has 0 saturated carbocycles. The molecule has 0 fully saturated rings. The largest absolute Gasteiger partial charge is 1.00 e. The maximum absolute atomic E-state index is 13.3. The molecule has 0 amide bonds. The summed E-state index contributed by atoms with van der Waals surface area (Å²) in [5.41, 5.74) is 1.15. The quantitative estimate of drug-likeness (QED) is 0.0616. The van der Waals surface area contributed by atoms with Crippen LogP contribution in [0.3, 0.4) is 0 Å². The minimum atomic E-state index is -5.24. The number of rotatable bonds is 11. The molecule has 4 aromatic rings. The standard InChI is InChI=1S/C34H26N4O18S4.4Na/c1-55-25-9-15(3-5-21(25)35-37-31-27(59(49,50)51)11-17-7-19(57(43,44)45)13-23(39)29(17)33(31)41)16-4-6-22(26(10-16)56-2)36-38-32-28(60(52,53)54)12-18-8-20(58(46,47)48)14-24(40)30(18)34(32)42;;;;/h3-14,35-36,39-40H,1-2H3,(H,43,44,45)(H,46,47,48)(H,49,50,51)(H,52,53,54);;;;/q;4*+1/p-4/b37-31-,38-32-;;;;. The Balaban J connectivity index is 0.00000352. The van der Waals surface area contributed by atoms with Gasteiger partial charge in [-0.05, 0) is 70.8 Å². The van der Waals surface area contributed by atoms with E-state index in [1.165, 1.54) is 50.6 Å². The van der Waals surface area contributed by atoms with E-state index in [2.05, 4.69) is 21.1 Å². The molecule has 30 heteroatoms. The van der Waals surface area contributed by atoms with Crippen LogP contribution in [0.15, 0.2) is 90.5 Å². The summed E-state index contributed by atoms with van der Waals surface area (Å²) in [6.45, 7) is 0. The van der Waals surface area contributed by atoms with Crippen molar-refractivity contribution in [2.24, 2.45) is 10.2 Å². The summed E-state index contributed by atoms with van der Waals surface area (Å²) in [6, 6.07) is 10.5. The van der Waals surface area contributed by atoms with Gasteiger partial charge in [0.15, 0.2) is 11.4 Å². The van der Waals surface area contributed by atoms with E-state index in [1.807, 2.05) is 0 Å². The third-order valence-corrected chi connectivity index (χ3v) is 11.9. The Morgan fingerprint density at radius 1 is 0.547 bits per heavy atom. The van der Waals surface area contributed by atoms with Gasteiger partial charge in [-0.2, -0.15) is 27.0 Å². The van der Waals surface area contributed by atoms with E-state index in [0.717, 1.165) is 0 Å². The number of Topliss-reactive ketones (excluding diaryl/α,β-unsaturated/α-hetero) is 2. The monoisotopic (exact) mass is 994 g/mol. The number of nitrogens with zero attached hydrogens (tertiary/aromatic N) is 2. The normalized spacial score (nSPS) is 14.8. The van der Waals surface area contributed by atoms with E-state index in [4.69, 9.17) is 9.47 Å². The van der Waals surface area contributed by atoms with Crippen molar-refractivity contribution < 1.29 is 199 Å². The third kappa shape index (κ3) is 12.1. The maximum atomic E-state index is 13.3. The van der Waals surface area contributed by atoms with Gasteiger partial charge in [0.25, 0.3) is 20.2 Å². The number of carbonyl (C=O) groups is 2. The first-order valence-corrected chi connectivity index (χ1v) is 21.7. The second-order valence-electron chi connectivity index (χ2n) is 12.3. The number of ether oxygens (including phenoxy) is 2. The first-order chi connectivity index (χ1) is 27.8. The van der Waals surface area contributed by atoms with Crippen molar-refractivity contribution in [3.05, 3.63) is 92.7 Å². The first-order valence-electron chi connectivity index (χ1n) is 16.0. The predicted octanol–water partition coefficient (Wildman–Crippen LogP) is -10.9. The van der Waals surface area contributed by atoms with Crippen molar-refractivity contribution in [2.75, 3.05) is 25.1 Å². The summed E-state index contributed by atoms with van der Waals surface area (Å²) < 4.78 is 148. The predicted molar refractivity (Wildman–Crippen MR) is 203 cm³/mol. The van der Waals surface area contributed by atoms with Crippen LogP contribution in [-0.4, -0.2) is 89.1 Å². The second kappa shape index (κ2) is 21.6. The van der Waals surface area contributed by atoms with Gasteiger partial charge in [-0.3, -0.25) is 29.5 Å². The van der Waals surface area contributed by atoms with Gasteiger partial charge in [-0.1, -0.05) is 35.8 Å². The third-order valence-electron chi connectivity index (χ3n) is 8.58. The number of hydrogen-bond acceptors (Lipinski definition) is 20. The fraction of sp³-hybridized carbons (Fsp3) is 0.0588. The van der Waals surface area contributed by atoms with E-state index in [1.54, 1.807) is 0 Å². The molecule has 0 radical (unpaired) electrons. The molecule has 64 heavy (non-hydrogen) atoms. The molecular formula is C34H22N4Na4O18S4. The smallest absolute Gasteiger partial charge is 0.872 e. The van der Waals surface area contributed by atoms with Crippen LogP contribution < -0.4 is 149 Å². The van der Waals surface area contributed by atoms with Gasteiger partial charge in [0.05, 0.1) is 35.4 Å². The molecule has 0 saturated heterocycles. The Labute approximate surface area is 452 Å². The first kappa shape index (κ1) is 57.6. The van der Waals surface area contributed by atoms with Gasteiger partial charge in [-0.15, -0.1) is 0 Å². The Hall–Kier alpha value is -2.52. The Kier molecular flexibility index (Phi) is 19.5. The molecule has 4 aromatic carbocycles. The van der Waals surface area contributed by atoms with Crippen LogP contribution in [0.5, 0.6) is 23.0 Å². The summed E-state index contributed by atoms with van der Waals surface area (Å²) in [5.74, 6) is -5.09. The number of nitrogens with one attached hydrogen (secondary N) is 2. The zero-order valence-corrected chi connectivity index (χ0v) is 45.1. The minimum Gasteiger partial charge on any atom is -0.872 e. The molecule has 6 rings (SSSR count). The SMILES string of the molecule is COc1cc(-c2ccc(N/N=C3\C(=O)c4c([O-])cc(S(=O)(=O)[O-])cc4C=C3S(=O)(=O)O)c(OC)c2)ccc1N/N=C1\C(=O)c2c([O-])cc(S(=O)(=O)[O-])cc2C=C1S(=O)(=O)O.[Na+].[Na+].[Na+].[Na+]. The van der Waals surface area contributed by atoms with Gasteiger partial charge in [0.2, 0.25) is 11.6 Å². The molecule has 0 atom stereocenters. The molecule has 0 heterocycles. The molecule has 4 N–H and O–H groups in total. The van der Waals surface area contributed by atoms with Crippen molar-refractivity contribution in [1.29, 1.82) is 0 Å². The average molecular weight is 995 g/mol. The maximum Gasteiger partial charge on any atom is 1.00 e. The summed E-state index contributed by atoms with van der Waals surface area (Å²) in [6.07, 6.45) is 1.20. The van der Waals surface area contributed by atoms with E-state index >= 15 is 0 Å². The van der Waals surface area contributed by atoms with Gasteiger partial charge < -0.3 is 28.8 Å². The molecule has 0 unspecified atom stereocenters. The molecule has 0 aliphatic heterocycles. The van der Waals surface area contributed by atoms with Crippen LogP contribution in [0, 0.1) is 0 Å². The number of ketones is 2. The number of benzene rings is 4. The Morgan fingerprint density at radius 3 is 1.16 bits per heavy atom. The number of fused-ring (bicyclic) bond motifs is 2. The van der Waals surface area contributed by atoms with Crippen LogP contribution in [0.4, 0.5) is 11.4 Å². The number of hydrazone groups is 2. The summed E-state index contributed by atoms with van der Waals surface area (Å²) in [7, 11) is -18.4. The zero-order chi connectivity index (χ0) is 44.3. The van der Waals surface area contributed by atoms with Crippen LogP contribution in [-0.2, 0) is 40.5 Å². The van der Waals surface area contributed by atoms with Crippen molar-refractivity contribution in [1.82, 2.24) is 0 Å². The number of carbonyl (C=O) groups excluding carboxylic acids is 2. The van der Waals surface area contributed by atoms with Gasteiger partial charge in [0, 0.05) is 11.1 Å². The number of allylic oxidation sites excluding steroid dienone is 2. The number of anilines is 2. The van der Waals surface area contributed by atoms with E-state index in [0.29, 0.717) is 47.5 Å². The summed E-state index contributed by atoms with van der Waals surface area (Å²) in [5, 5.41) is 32.9. The molecule has 2 aliphatic rings. The van der Waals surface area contributed by atoms with Crippen LogP contribution >= 0.6 is 0 Å². The molecule has 0 bridgehead atoms. The summed E-state index contributed by atoms with van der Waals surface area (Å²) in [4.78, 5) is 22.3. The van der Waals surface area contributed by atoms with Crippen molar-refractivity contribution in [3.63, 3.8) is 0 Å². The summed E-state index contributed by atoms with van der Waals surface area (Å²) >= 11 is 0. The molecule has 314 valence electrons. The topological polar surface area (TPSA) is 371 Å². The fourth-order valence-electron chi connectivity index (χ4n) is 5.87. The van der Waals surface area contributed by atoms with E-state index in [-0.39, 0.29) is 141 Å². The van der Waals surface area contributed by atoms with Crippen molar-refractivity contribution in [3.8, 4) is 34.1 Å². The van der Waals surface area contributed by atoms with Crippen LogP contribution in [0.2, 0.25) is 0 Å². The Bertz CT molecular complexity index is 2980. The van der Waals surface area contributed by atoms with Gasteiger partial charge in [-0.25, -0.2) is 16.8 Å². The van der Waals surface area contributed by atoms with E-state index in [9.17, 15) is 71.7 Å². The fourth-order valence-corrected chi connectivity index (χ4v) is 8.23. The number of hydrogen-bond donors (Lipinski definition) is 4. The van der Waals surface area contributed by atoms with Gasteiger partial charge in [0.1, 0.15) is 41.5 Å². The van der Waals surface area contributed by atoms with Crippen LogP contribution in [0.1, 0.15) is 31.8 Å². The van der Waals surface area contributed by atoms with Crippen molar-refractivity contribution >= 4 is 87.0 Å². The van der Waals surface area contributed by atoms with E-state index < -0.39 is 117 Å². The second-order valence-corrected chi connectivity index (χ2v) is 17.8. The Morgan fingerprint density at radius 2 is 0.875 bits per heavy atom. The molecular weight excluding hydrogens is 973 g/mol. The molecule has 2 aliphatic carbocycles. The van der Waals surface area contributed by atoms with Gasteiger partial charge >= 0.3 is 118 Å². The molecule has 0 spiro atoms. The van der Waals surface area contributed by atoms with Crippen LogP contribution in [0.25, 0.3) is 23.3 Å². The molecule has 22 nitrogen and oxygen atoms in total.